The van der Waals surface area contributed by atoms with E-state index < -0.39 is 0 Å². The summed E-state index contributed by atoms with van der Waals surface area (Å²) in [5.74, 6) is 0. The van der Waals surface area contributed by atoms with Crippen molar-refractivity contribution in [2.75, 3.05) is 0 Å². The van der Waals surface area contributed by atoms with Crippen molar-refractivity contribution in [1.29, 1.82) is 0 Å². The minimum absolute atomic E-state index is 0. The first-order valence-electron chi connectivity index (χ1n) is 0. The molecule has 0 spiro atoms. The van der Waals surface area contributed by atoms with Crippen LogP contribution in [-0.4, -0.2) is 0 Å². The predicted octanol–water partition coefficient (Wildman–Crippen LogP) is 0.443. The molecule has 0 rings (SSSR count). The van der Waals surface area contributed by atoms with Gasteiger partial charge in [-0.25, -0.2) is 0 Å². The number of hydrogen-bond acceptors (Lipinski definition) is 0. The molecule has 0 aliphatic rings. The van der Waals surface area contributed by atoms with Crippen LogP contribution < -0.4 is 0 Å². The van der Waals surface area contributed by atoms with Crippen molar-refractivity contribution in [3.05, 3.63) is 7.43 Å². The van der Waals surface area contributed by atoms with Crippen LogP contribution in [0.3, 0.4) is 0 Å². The largest absolute Gasteiger partial charge is 0.358 e. The van der Waals surface area contributed by atoms with E-state index in [0.717, 1.165) is 0 Å². The minimum atomic E-state index is 0. The van der Waals surface area contributed by atoms with Gasteiger partial charge in [-0.1, -0.05) is 0 Å². The van der Waals surface area contributed by atoms with Crippen molar-refractivity contribution in [3.63, 3.8) is 0 Å². The summed E-state index contributed by atoms with van der Waals surface area (Å²) in [6.45, 7) is 0. The third-order valence-electron chi connectivity index (χ3n) is 0. The molecular formula is CH3Fe3-. The zero-order chi connectivity index (χ0) is 0. The van der Waals surface area contributed by atoms with E-state index >= 15 is 0 Å². The smallest absolute Gasteiger partial charge is 0 e. The summed E-state index contributed by atoms with van der Waals surface area (Å²) in [4.78, 5) is 0. The van der Waals surface area contributed by atoms with Gasteiger partial charge < -0.3 is 7.43 Å². The van der Waals surface area contributed by atoms with Crippen LogP contribution in [0.5, 0.6) is 0 Å². The summed E-state index contributed by atoms with van der Waals surface area (Å²) < 4.78 is 0. The molecule has 0 fully saturated rings. The van der Waals surface area contributed by atoms with E-state index in [0.29, 0.717) is 0 Å². The number of hydrogen-bond donors (Lipinski definition) is 0. The Morgan fingerprint density at radius 3 is 0.500 bits per heavy atom. The molecule has 3 heteroatoms. The van der Waals surface area contributed by atoms with Gasteiger partial charge in [0.25, 0.3) is 0 Å². The fraction of sp³-hybridized carbons (Fsp3) is 0. The summed E-state index contributed by atoms with van der Waals surface area (Å²) in [6, 6.07) is 0. The van der Waals surface area contributed by atoms with Gasteiger partial charge >= 0.3 is 0 Å². The Bertz CT molecular complexity index is 3.25. The predicted molar refractivity (Wildman–Crippen MR) is 6.41 cm³/mol. The fourth-order valence-electron chi connectivity index (χ4n) is 0. The zero-order valence-electron chi connectivity index (χ0n) is 2.06. The topological polar surface area (TPSA) is 0 Å². The van der Waals surface area contributed by atoms with Crippen molar-refractivity contribution in [2.24, 2.45) is 0 Å². The van der Waals surface area contributed by atoms with Gasteiger partial charge in [-0.05, 0) is 0 Å². The second kappa shape index (κ2) is 23.8. The minimum Gasteiger partial charge on any atom is -0.358 e. The molecule has 0 N–H and O–H groups in total. The molecule has 0 saturated carbocycles. The number of rotatable bonds is 0. The van der Waals surface area contributed by atoms with Crippen LogP contribution in [-0.2, 0) is 51.2 Å². The maximum absolute atomic E-state index is 0. The molecular weight excluding hydrogens is 180 g/mol. The standard InChI is InChI=1S/CH3.3Fe/h1H3;;;/q-1;;;. The van der Waals surface area contributed by atoms with Gasteiger partial charge in [0.15, 0.2) is 0 Å². The Morgan fingerprint density at radius 1 is 0.500 bits per heavy atom. The van der Waals surface area contributed by atoms with Crippen LogP contribution in [0.1, 0.15) is 0 Å². The van der Waals surface area contributed by atoms with Gasteiger partial charge in [-0.15, -0.1) is 0 Å². The van der Waals surface area contributed by atoms with Crippen molar-refractivity contribution >= 4 is 0 Å². The normalized spacial score (nSPS) is 0. The van der Waals surface area contributed by atoms with Crippen LogP contribution in [0, 0.1) is 7.43 Å². The van der Waals surface area contributed by atoms with Gasteiger partial charge in [-0.2, -0.15) is 0 Å². The van der Waals surface area contributed by atoms with E-state index in [4.69, 9.17) is 0 Å². The van der Waals surface area contributed by atoms with Gasteiger partial charge in [0.05, 0.1) is 0 Å². The SMILES string of the molecule is [CH3-].[Fe].[Fe].[Fe]. The van der Waals surface area contributed by atoms with Crippen molar-refractivity contribution in [3.8, 4) is 0 Å². The summed E-state index contributed by atoms with van der Waals surface area (Å²) in [6.07, 6.45) is 0. The van der Waals surface area contributed by atoms with Crippen LogP contribution in [0.4, 0.5) is 0 Å². The molecule has 0 heterocycles. The van der Waals surface area contributed by atoms with Crippen molar-refractivity contribution < 1.29 is 51.2 Å². The monoisotopic (exact) mass is 183 g/mol. The van der Waals surface area contributed by atoms with Crippen LogP contribution >= 0.6 is 0 Å². The summed E-state index contributed by atoms with van der Waals surface area (Å²) in [5, 5.41) is 0. The Labute approximate surface area is 58.5 Å². The maximum atomic E-state index is 0. The third kappa shape index (κ3) is 9.59. The fourth-order valence-corrected chi connectivity index (χ4v) is 0. The summed E-state index contributed by atoms with van der Waals surface area (Å²) in [7, 11) is 0. The average Bonchev–Trinajstić information content (AvgIpc) is 0. The molecule has 32 valence electrons. The summed E-state index contributed by atoms with van der Waals surface area (Å²) >= 11 is 0. The molecule has 4 heavy (non-hydrogen) atoms. The average molecular weight is 183 g/mol. The van der Waals surface area contributed by atoms with Crippen LogP contribution in [0.15, 0.2) is 0 Å². The second-order valence-corrected chi connectivity index (χ2v) is 0. The first-order valence-corrected chi connectivity index (χ1v) is 0. The van der Waals surface area contributed by atoms with E-state index in [1.807, 2.05) is 0 Å². The molecule has 0 amide bonds. The Kier molecular flexibility index (Phi) is 283. The van der Waals surface area contributed by atoms with Crippen molar-refractivity contribution in [2.45, 2.75) is 0 Å². The Morgan fingerprint density at radius 2 is 0.500 bits per heavy atom. The van der Waals surface area contributed by atoms with Crippen molar-refractivity contribution in [1.82, 2.24) is 0 Å². The van der Waals surface area contributed by atoms with E-state index in [2.05, 4.69) is 0 Å². The second-order valence-electron chi connectivity index (χ2n) is 0. The first kappa shape index (κ1) is 47.6. The Balaban J connectivity index is 0. The Hall–Kier alpha value is 1.56. The molecule has 0 unspecified atom stereocenters. The summed E-state index contributed by atoms with van der Waals surface area (Å²) in [5.41, 5.74) is 0. The van der Waals surface area contributed by atoms with E-state index in [1.54, 1.807) is 0 Å². The third-order valence-corrected chi connectivity index (χ3v) is 0. The van der Waals surface area contributed by atoms with Gasteiger partial charge in [0.2, 0.25) is 0 Å². The molecule has 0 aliphatic carbocycles. The molecule has 0 radical (unpaired) electrons. The van der Waals surface area contributed by atoms with E-state index in [-0.39, 0.29) is 58.6 Å². The quantitative estimate of drug-likeness (QED) is 0.377. The molecule has 0 atom stereocenters. The van der Waals surface area contributed by atoms with Crippen LogP contribution in [0.25, 0.3) is 0 Å². The molecule has 0 aromatic rings. The zero-order valence-corrected chi connectivity index (χ0v) is 5.37. The van der Waals surface area contributed by atoms with E-state index in [9.17, 15) is 0 Å². The maximum Gasteiger partial charge on any atom is 0 e. The van der Waals surface area contributed by atoms with Gasteiger partial charge in [-0.3, -0.25) is 0 Å². The molecule has 0 aliphatic heterocycles. The van der Waals surface area contributed by atoms with Crippen LogP contribution in [0.2, 0.25) is 0 Å². The van der Waals surface area contributed by atoms with Gasteiger partial charge in [0.1, 0.15) is 0 Å². The molecule has 0 aromatic heterocycles. The molecule has 0 bridgehead atoms. The van der Waals surface area contributed by atoms with E-state index in [1.165, 1.54) is 0 Å². The van der Waals surface area contributed by atoms with Gasteiger partial charge in [0, 0.05) is 51.2 Å². The molecule has 0 saturated heterocycles. The first-order chi connectivity index (χ1) is 0. The molecule has 0 aromatic carbocycles. The molecule has 0 nitrogen and oxygen atoms in total.